The van der Waals surface area contributed by atoms with Crippen molar-refractivity contribution in [2.24, 2.45) is 17.3 Å². The van der Waals surface area contributed by atoms with Crippen molar-refractivity contribution in [2.75, 3.05) is 19.8 Å². The molecule has 4 heteroatoms. The highest BCUT2D eigenvalue weighted by Crippen LogP contribution is 2.60. The van der Waals surface area contributed by atoms with Gasteiger partial charge in [0, 0.05) is 17.4 Å². The minimum Gasteiger partial charge on any atom is -0.456 e. The summed E-state index contributed by atoms with van der Waals surface area (Å²) in [6.45, 7) is 10.2. The van der Waals surface area contributed by atoms with Crippen LogP contribution >= 0.6 is 0 Å². The zero-order valence-corrected chi connectivity index (χ0v) is 16.5. The number of esters is 1. The van der Waals surface area contributed by atoms with Crippen LogP contribution in [0.4, 0.5) is 0 Å². The molecule has 1 heterocycles. The van der Waals surface area contributed by atoms with Gasteiger partial charge >= 0.3 is 5.97 Å². The smallest absolute Gasteiger partial charge is 0.333 e. The Bertz CT molecular complexity index is 563. The van der Waals surface area contributed by atoms with Gasteiger partial charge in [-0.15, -0.1) is 0 Å². The number of ether oxygens (including phenoxy) is 3. The molecular weight excluding hydrogens is 328 g/mol. The summed E-state index contributed by atoms with van der Waals surface area (Å²) < 4.78 is 18.3. The Hall–Kier alpha value is -0.870. The van der Waals surface area contributed by atoms with E-state index in [2.05, 4.69) is 13.5 Å². The molecule has 26 heavy (non-hydrogen) atoms. The molecule has 1 aliphatic heterocycles. The van der Waals surface area contributed by atoms with Crippen LogP contribution in [0.25, 0.3) is 0 Å². The predicted octanol–water partition coefficient (Wildman–Crippen LogP) is 4.42. The fourth-order valence-corrected chi connectivity index (χ4v) is 6.22. The van der Waals surface area contributed by atoms with Crippen LogP contribution in [0.1, 0.15) is 71.6 Å². The van der Waals surface area contributed by atoms with Crippen molar-refractivity contribution < 1.29 is 19.0 Å². The van der Waals surface area contributed by atoms with E-state index in [4.69, 9.17) is 14.2 Å². The standard InChI is InChI=1S/C22H34O4/c1-4-5-6-20(13-24-14-20)15-25-21-8-17-7-18(9-21)11-22(10-17,12-21)26-19(23)16(2)3/h17-18H,2,4-15H2,1,3H3. The maximum atomic E-state index is 12.2. The Morgan fingerprint density at radius 3 is 2.35 bits per heavy atom. The number of unbranched alkanes of at least 4 members (excludes halogenated alkanes) is 1. The molecule has 0 spiro atoms. The first-order valence-electron chi connectivity index (χ1n) is 10.5. The predicted molar refractivity (Wildman–Crippen MR) is 99.8 cm³/mol. The number of carbonyl (C=O) groups is 1. The summed E-state index contributed by atoms with van der Waals surface area (Å²) in [6, 6.07) is 0. The van der Waals surface area contributed by atoms with Gasteiger partial charge in [-0.05, 0) is 57.3 Å². The van der Waals surface area contributed by atoms with Crippen LogP contribution in [-0.2, 0) is 19.0 Å². The molecule has 4 aliphatic carbocycles. The summed E-state index contributed by atoms with van der Waals surface area (Å²) in [7, 11) is 0. The van der Waals surface area contributed by atoms with Crippen LogP contribution in [-0.4, -0.2) is 37.0 Å². The molecule has 5 rings (SSSR count). The largest absolute Gasteiger partial charge is 0.456 e. The molecule has 2 unspecified atom stereocenters. The average Bonchev–Trinajstić information content (AvgIpc) is 2.51. The Morgan fingerprint density at radius 1 is 1.15 bits per heavy atom. The summed E-state index contributed by atoms with van der Waals surface area (Å²) in [4.78, 5) is 12.2. The monoisotopic (exact) mass is 362 g/mol. The number of hydrogen-bond donors (Lipinski definition) is 0. The number of carbonyl (C=O) groups excluding carboxylic acids is 1. The first-order valence-corrected chi connectivity index (χ1v) is 10.5. The van der Waals surface area contributed by atoms with Crippen molar-refractivity contribution in [3.05, 3.63) is 12.2 Å². The average molecular weight is 363 g/mol. The minimum absolute atomic E-state index is 0.0890. The summed E-state index contributed by atoms with van der Waals surface area (Å²) in [5, 5.41) is 0. The lowest BCUT2D eigenvalue weighted by atomic mass is 9.52. The molecule has 0 aromatic heterocycles. The Labute approximate surface area is 157 Å². The molecule has 0 aromatic rings. The third kappa shape index (κ3) is 3.35. The summed E-state index contributed by atoms with van der Waals surface area (Å²) >= 11 is 0. The van der Waals surface area contributed by atoms with E-state index in [-0.39, 0.29) is 22.6 Å². The molecule has 5 aliphatic rings. The maximum absolute atomic E-state index is 12.2. The van der Waals surface area contributed by atoms with E-state index in [9.17, 15) is 4.79 Å². The maximum Gasteiger partial charge on any atom is 0.333 e. The first-order chi connectivity index (χ1) is 12.4. The van der Waals surface area contributed by atoms with Gasteiger partial charge in [-0.25, -0.2) is 4.79 Å². The van der Waals surface area contributed by atoms with Crippen LogP contribution < -0.4 is 0 Å². The minimum atomic E-state index is -0.313. The molecule has 4 saturated carbocycles. The normalized spacial score (nSPS) is 39.5. The van der Waals surface area contributed by atoms with Gasteiger partial charge < -0.3 is 14.2 Å². The van der Waals surface area contributed by atoms with Crippen molar-refractivity contribution in [1.82, 2.24) is 0 Å². The van der Waals surface area contributed by atoms with Crippen LogP contribution in [0.2, 0.25) is 0 Å². The molecule has 5 fully saturated rings. The van der Waals surface area contributed by atoms with E-state index in [1.807, 2.05) is 0 Å². The van der Waals surface area contributed by atoms with Gasteiger partial charge in [0.25, 0.3) is 0 Å². The van der Waals surface area contributed by atoms with Crippen LogP contribution in [0.15, 0.2) is 12.2 Å². The molecule has 0 N–H and O–H groups in total. The van der Waals surface area contributed by atoms with Crippen molar-refractivity contribution in [3.8, 4) is 0 Å². The zero-order valence-electron chi connectivity index (χ0n) is 16.5. The van der Waals surface area contributed by atoms with Gasteiger partial charge in [0.2, 0.25) is 0 Å². The van der Waals surface area contributed by atoms with Gasteiger partial charge in [0.1, 0.15) is 5.60 Å². The van der Waals surface area contributed by atoms with Gasteiger partial charge in [-0.2, -0.15) is 0 Å². The lowest BCUT2D eigenvalue weighted by Gasteiger charge is -2.61. The highest BCUT2D eigenvalue weighted by Gasteiger charge is 2.61. The van der Waals surface area contributed by atoms with Gasteiger partial charge in [0.05, 0.1) is 25.4 Å². The molecule has 1 saturated heterocycles. The van der Waals surface area contributed by atoms with Gasteiger partial charge in [-0.1, -0.05) is 26.3 Å². The zero-order chi connectivity index (χ0) is 18.4. The molecule has 146 valence electrons. The fraction of sp³-hybridized carbons (Fsp3) is 0.864. The second-order valence-electron chi connectivity index (χ2n) is 9.88. The van der Waals surface area contributed by atoms with E-state index in [0.29, 0.717) is 17.4 Å². The SMILES string of the molecule is C=C(C)C(=O)OC12CC3CC(CC(OCC4(CCCC)COC4)(C3)C1)C2. The number of hydrogen-bond acceptors (Lipinski definition) is 4. The van der Waals surface area contributed by atoms with Crippen LogP contribution in [0.5, 0.6) is 0 Å². The summed E-state index contributed by atoms with van der Waals surface area (Å²) in [5.74, 6) is 1.05. The Kier molecular flexibility index (Phi) is 4.71. The van der Waals surface area contributed by atoms with Crippen molar-refractivity contribution in [1.29, 1.82) is 0 Å². The fourth-order valence-electron chi connectivity index (χ4n) is 6.22. The quantitative estimate of drug-likeness (QED) is 0.474. The lowest BCUT2D eigenvalue weighted by Crippen LogP contribution is -2.62. The van der Waals surface area contributed by atoms with Crippen molar-refractivity contribution >= 4 is 5.97 Å². The van der Waals surface area contributed by atoms with E-state index in [1.165, 1.54) is 25.7 Å². The first kappa shape index (κ1) is 18.5. The molecule has 4 nitrogen and oxygen atoms in total. The van der Waals surface area contributed by atoms with Crippen molar-refractivity contribution in [2.45, 2.75) is 82.8 Å². The molecule has 2 atom stereocenters. The summed E-state index contributed by atoms with van der Waals surface area (Å²) in [6.07, 6.45) is 10.1. The second kappa shape index (κ2) is 6.63. The van der Waals surface area contributed by atoms with E-state index < -0.39 is 0 Å². The van der Waals surface area contributed by atoms with E-state index in [0.717, 1.165) is 51.9 Å². The van der Waals surface area contributed by atoms with E-state index >= 15 is 0 Å². The third-order valence-corrected chi connectivity index (χ3v) is 7.17. The van der Waals surface area contributed by atoms with Crippen LogP contribution in [0.3, 0.4) is 0 Å². The number of rotatable bonds is 8. The Balaban J connectivity index is 1.46. The highest BCUT2D eigenvalue weighted by atomic mass is 16.6. The molecule has 0 amide bonds. The Morgan fingerprint density at radius 2 is 1.81 bits per heavy atom. The summed E-state index contributed by atoms with van der Waals surface area (Å²) in [5.41, 5.74) is 0.322. The van der Waals surface area contributed by atoms with E-state index in [1.54, 1.807) is 6.92 Å². The molecular formula is C22H34O4. The molecule has 0 radical (unpaired) electrons. The van der Waals surface area contributed by atoms with Gasteiger partial charge in [-0.3, -0.25) is 0 Å². The van der Waals surface area contributed by atoms with Gasteiger partial charge in [0.15, 0.2) is 0 Å². The second-order valence-corrected chi connectivity index (χ2v) is 9.88. The molecule has 0 aromatic carbocycles. The van der Waals surface area contributed by atoms with Crippen LogP contribution in [0, 0.1) is 17.3 Å². The topological polar surface area (TPSA) is 44.8 Å². The lowest BCUT2D eigenvalue weighted by molar-refractivity contribution is -0.253. The van der Waals surface area contributed by atoms with Crippen molar-refractivity contribution in [3.63, 3.8) is 0 Å². The molecule has 4 bridgehead atoms. The highest BCUT2D eigenvalue weighted by molar-refractivity contribution is 5.87. The third-order valence-electron chi connectivity index (χ3n) is 7.17.